The van der Waals surface area contributed by atoms with Crippen molar-refractivity contribution >= 4 is 29.1 Å². The Balaban J connectivity index is 2.50. The van der Waals surface area contributed by atoms with Gasteiger partial charge in [0, 0.05) is 6.54 Å². The maximum Gasteiger partial charge on any atom is 0.313 e. The van der Waals surface area contributed by atoms with Crippen molar-refractivity contribution in [1.29, 1.82) is 0 Å². The molecule has 0 aromatic heterocycles. The zero-order valence-electron chi connectivity index (χ0n) is 11.6. The molecule has 6 heteroatoms. The minimum Gasteiger partial charge on any atom is -0.393 e. The lowest BCUT2D eigenvalue weighted by Crippen LogP contribution is -2.36. The van der Waals surface area contributed by atoms with Crippen molar-refractivity contribution < 1.29 is 14.7 Å². The molecule has 0 aliphatic rings. The average Bonchev–Trinajstić information content (AvgIpc) is 2.43. The topological polar surface area (TPSA) is 78.4 Å². The van der Waals surface area contributed by atoms with Crippen LogP contribution in [-0.2, 0) is 9.59 Å². The number of benzene rings is 1. The lowest BCUT2D eigenvalue weighted by Gasteiger charge is -2.10. The summed E-state index contributed by atoms with van der Waals surface area (Å²) < 4.78 is 0. The molecule has 0 saturated carbocycles. The van der Waals surface area contributed by atoms with Crippen LogP contribution in [0.5, 0.6) is 0 Å². The van der Waals surface area contributed by atoms with Crippen LogP contribution in [0.1, 0.15) is 25.3 Å². The van der Waals surface area contributed by atoms with Gasteiger partial charge in [-0.05, 0) is 31.4 Å². The van der Waals surface area contributed by atoms with Crippen LogP contribution in [0.3, 0.4) is 0 Å². The van der Waals surface area contributed by atoms with Gasteiger partial charge in [-0.3, -0.25) is 9.59 Å². The van der Waals surface area contributed by atoms with E-state index in [2.05, 4.69) is 10.6 Å². The van der Waals surface area contributed by atoms with Gasteiger partial charge in [-0.25, -0.2) is 0 Å². The second-order valence-corrected chi connectivity index (χ2v) is 4.88. The van der Waals surface area contributed by atoms with E-state index in [1.807, 2.05) is 19.9 Å². The maximum absolute atomic E-state index is 11.7. The molecule has 0 heterocycles. The molecular formula is C14H19ClN2O3. The van der Waals surface area contributed by atoms with Crippen molar-refractivity contribution in [3.63, 3.8) is 0 Å². The third-order valence-electron chi connectivity index (χ3n) is 2.88. The Labute approximate surface area is 123 Å². The van der Waals surface area contributed by atoms with Crippen LogP contribution in [-0.4, -0.2) is 29.6 Å². The van der Waals surface area contributed by atoms with Crippen molar-refractivity contribution in [2.24, 2.45) is 0 Å². The number of halogens is 1. The van der Waals surface area contributed by atoms with E-state index in [-0.39, 0.29) is 6.54 Å². The number of carbonyl (C=O) groups is 2. The lowest BCUT2D eigenvalue weighted by atomic mass is 10.2. The normalized spacial score (nSPS) is 11.8. The van der Waals surface area contributed by atoms with E-state index in [9.17, 15) is 14.7 Å². The Kier molecular flexibility index (Phi) is 6.48. The lowest BCUT2D eigenvalue weighted by molar-refractivity contribution is -0.136. The Hall–Kier alpha value is -1.59. The van der Waals surface area contributed by atoms with Gasteiger partial charge in [-0.15, -0.1) is 0 Å². The number of hydrogen-bond acceptors (Lipinski definition) is 3. The molecule has 1 unspecified atom stereocenters. The van der Waals surface area contributed by atoms with Gasteiger partial charge in [-0.1, -0.05) is 30.7 Å². The quantitative estimate of drug-likeness (QED) is 0.726. The first-order valence-electron chi connectivity index (χ1n) is 6.48. The predicted molar refractivity (Wildman–Crippen MR) is 78.7 cm³/mol. The predicted octanol–water partition coefficient (Wildman–Crippen LogP) is 1.86. The third kappa shape index (κ3) is 4.83. The Morgan fingerprint density at radius 3 is 2.70 bits per heavy atom. The molecule has 110 valence electrons. The third-order valence-corrected chi connectivity index (χ3v) is 3.38. The molecule has 0 aliphatic heterocycles. The number of carbonyl (C=O) groups excluding carboxylic acids is 2. The Morgan fingerprint density at radius 1 is 1.35 bits per heavy atom. The summed E-state index contributed by atoms with van der Waals surface area (Å²) in [4.78, 5) is 23.2. The highest BCUT2D eigenvalue weighted by Gasteiger charge is 2.15. The number of hydrogen-bond donors (Lipinski definition) is 3. The summed E-state index contributed by atoms with van der Waals surface area (Å²) in [7, 11) is 0. The first-order chi connectivity index (χ1) is 9.45. The fraction of sp³-hybridized carbons (Fsp3) is 0.429. The summed E-state index contributed by atoms with van der Waals surface area (Å²) >= 11 is 6.03. The van der Waals surface area contributed by atoms with Crippen LogP contribution in [0.25, 0.3) is 0 Å². The van der Waals surface area contributed by atoms with E-state index >= 15 is 0 Å². The maximum atomic E-state index is 11.7. The van der Waals surface area contributed by atoms with Crippen molar-refractivity contribution in [3.05, 3.63) is 28.8 Å². The SMILES string of the molecule is CCC(O)CCNC(=O)C(=O)Nc1cccc(C)c1Cl. The van der Waals surface area contributed by atoms with Gasteiger partial charge < -0.3 is 15.7 Å². The second kappa shape index (κ2) is 7.87. The average molecular weight is 299 g/mol. The van der Waals surface area contributed by atoms with Gasteiger partial charge in [-0.2, -0.15) is 0 Å². The summed E-state index contributed by atoms with van der Waals surface area (Å²) in [5.41, 5.74) is 1.22. The van der Waals surface area contributed by atoms with Crippen molar-refractivity contribution in [3.8, 4) is 0 Å². The van der Waals surface area contributed by atoms with Gasteiger partial charge in [0.1, 0.15) is 0 Å². The summed E-state index contributed by atoms with van der Waals surface area (Å²) in [5, 5.41) is 14.7. The van der Waals surface area contributed by atoms with Crippen LogP contribution < -0.4 is 10.6 Å². The second-order valence-electron chi connectivity index (χ2n) is 4.50. The van der Waals surface area contributed by atoms with Gasteiger partial charge in [0.05, 0.1) is 16.8 Å². The first kappa shape index (κ1) is 16.5. The molecule has 0 radical (unpaired) electrons. The number of aliphatic hydroxyl groups is 1. The van der Waals surface area contributed by atoms with Crippen LogP contribution in [0, 0.1) is 6.92 Å². The van der Waals surface area contributed by atoms with E-state index < -0.39 is 17.9 Å². The zero-order chi connectivity index (χ0) is 15.1. The minimum atomic E-state index is -0.775. The fourth-order valence-electron chi connectivity index (χ4n) is 1.56. The fourth-order valence-corrected chi connectivity index (χ4v) is 1.73. The number of aliphatic hydroxyl groups excluding tert-OH is 1. The summed E-state index contributed by atoms with van der Waals surface area (Å²) in [6, 6.07) is 5.18. The smallest absolute Gasteiger partial charge is 0.313 e. The number of amides is 2. The van der Waals surface area contributed by atoms with E-state index in [1.165, 1.54) is 0 Å². The van der Waals surface area contributed by atoms with Gasteiger partial charge in [0.15, 0.2) is 0 Å². The summed E-state index contributed by atoms with van der Waals surface area (Å²) in [5.74, 6) is -1.52. The summed E-state index contributed by atoms with van der Waals surface area (Å²) in [6.45, 7) is 3.91. The molecule has 0 aliphatic carbocycles. The monoisotopic (exact) mass is 298 g/mol. The number of anilines is 1. The standard InChI is InChI=1S/C14H19ClN2O3/c1-3-10(18)7-8-16-13(19)14(20)17-11-6-4-5-9(2)12(11)15/h4-6,10,18H,3,7-8H2,1-2H3,(H,16,19)(H,17,20). The first-order valence-corrected chi connectivity index (χ1v) is 6.85. The molecule has 3 N–H and O–H groups in total. The molecule has 1 aromatic rings. The van der Waals surface area contributed by atoms with E-state index in [0.717, 1.165) is 5.56 Å². The number of rotatable bonds is 5. The van der Waals surface area contributed by atoms with E-state index in [1.54, 1.807) is 12.1 Å². The number of nitrogens with one attached hydrogen (secondary N) is 2. The van der Waals surface area contributed by atoms with Gasteiger partial charge in [0.2, 0.25) is 0 Å². The van der Waals surface area contributed by atoms with Crippen molar-refractivity contribution in [1.82, 2.24) is 5.32 Å². The highest BCUT2D eigenvalue weighted by atomic mass is 35.5. The minimum absolute atomic E-state index is 0.253. The zero-order valence-corrected chi connectivity index (χ0v) is 12.3. The van der Waals surface area contributed by atoms with E-state index in [0.29, 0.717) is 23.6 Å². The molecular weight excluding hydrogens is 280 g/mol. The molecule has 20 heavy (non-hydrogen) atoms. The van der Waals surface area contributed by atoms with Crippen LogP contribution in [0.2, 0.25) is 5.02 Å². The Morgan fingerprint density at radius 2 is 2.05 bits per heavy atom. The molecule has 0 bridgehead atoms. The van der Waals surface area contributed by atoms with Crippen molar-refractivity contribution in [2.45, 2.75) is 32.8 Å². The van der Waals surface area contributed by atoms with Gasteiger partial charge >= 0.3 is 11.8 Å². The van der Waals surface area contributed by atoms with Gasteiger partial charge in [0.25, 0.3) is 0 Å². The van der Waals surface area contributed by atoms with Crippen LogP contribution >= 0.6 is 11.6 Å². The molecule has 0 saturated heterocycles. The largest absolute Gasteiger partial charge is 0.393 e. The highest BCUT2D eigenvalue weighted by Crippen LogP contribution is 2.24. The molecule has 0 spiro atoms. The van der Waals surface area contributed by atoms with Crippen LogP contribution in [0.4, 0.5) is 5.69 Å². The van der Waals surface area contributed by atoms with Crippen LogP contribution in [0.15, 0.2) is 18.2 Å². The highest BCUT2D eigenvalue weighted by molar-refractivity contribution is 6.41. The molecule has 1 atom stereocenters. The van der Waals surface area contributed by atoms with Crippen molar-refractivity contribution in [2.75, 3.05) is 11.9 Å². The molecule has 1 rings (SSSR count). The molecule has 0 fully saturated rings. The molecule has 1 aromatic carbocycles. The number of aryl methyl sites for hydroxylation is 1. The summed E-state index contributed by atoms with van der Waals surface area (Å²) in [6.07, 6.45) is 0.561. The van der Waals surface area contributed by atoms with E-state index in [4.69, 9.17) is 11.6 Å². The molecule has 5 nitrogen and oxygen atoms in total. The Bertz CT molecular complexity index is 491. The molecule has 2 amide bonds.